The molecule has 2 aliphatic rings. The van der Waals surface area contributed by atoms with E-state index in [0.29, 0.717) is 36.5 Å². The van der Waals surface area contributed by atoms with Crippen LogP contribution in [0.25, 0.3) is 10.9 Å². The van der Waals surface area contributed by atoms with Gasteiger partial charge in [-0.2, -0.15) is 0 Å². The van der Waals surface area contributed by atoms with Crippen molar-refractivity contribution < 1.29 is 13.9 Å². The number of nitrogen functional groups attached to an aromatic ring is 1. The number of nitrogens with zero attached hydrogens (tertiary/aromatic N) is 3. The minimum Gasteiger partial charge on any atom is -0.383 e. The SMILES string of the molecule is Nc1nc2cc(F)c(C(=O)N(Cc3ccc(Br)cn3)C3CC3)cc2c2c1COC2. The highest BCUT2D eigenvalue weighted by Gasteiger charge is 2.35. The summed E-state index contributed by atoms with van der Waals surface area (Å²) in [5.41, 5.74) is 8.93. The molecular weight excluding hydrogens is 439 g/mol. The number of carbonyl (C=O) groups excluding carboxylic acids is 1. The van der Waals surface area contributed by atoms with E-state index in [1.807, 2.05) is 12.1 Å². The molecule has 1 amide bonds. The standard InChI is InChI=1S/C21H18BrFN4O2/c22-11-1-2-12(25-7-11)8-27(13-3-4-13)21(28)15-5-14-16-9-29-10-17(16)20(24)26-19(14)6-18(15)23/h1-2,5-7,13H,3-4,8-10H2,(H2,24,26). The zero-order valence-corrected chi connectivity index (χ0v) is 17.1. The van der Waals surface area contributed by atoms with Gasteiger partial charge in [0.05, 0.1) is 36.5 Å². The fourth-order valence-electron chi connectivity index (χ4n) is 3.74. The zero-order chi connectivity index (χ0) is 20.1. The van der Waals surface area contributed by atoms with Gasteiger partial charge in [0.25, 0.3) is 5.91 Å². The first kappa shape index (κ1) is 18.4. The minimum atomic E-state index is -0.595. The van der Waals surface area contributed by atoms with Crippen LogP contribution in [0.3, 0.4) is 0 Å². The number of ether oxygens (including phenoxy) is 1. The number of carbonyl (C=O) groups is 1. The molecule has 0 unspecified atom stereocenters. The van der Waals surface area contributed by atoms with Crippen molar-refractivity contribution >= 4 is 38.6 Å². The van der Waals surface area contributed by atoms with Gasteiger partial charge in [-0.25, -0.2) is 9.37 Å². The third-order valence-electron chi connectivity index (χ3n) is 5.42. The van der Waals surface area contributed by atoms with E-state index in [-0.39, 0.29) is 17.5 Å². The largest absolute Gasteiger partial charge is 0.383 e. The lowest BCUT2D eigenvalue weighted by molar-refractivity contribution is 0.0723. The van der Waals surface area contributed by atoms with Crippen LogP contribution in [0.2, 0.25) is 0 Å². The normalized spacial score (nSPS) is 15.5. The molecule has 1 aliphatic heterocycles. The van der Waals surface area contributed by atoms with Crippen molar-refractivity contribution in [1.82, 2.24) is 14.9 Å². The Morgan fingerprint density at radius 3 is 2.79 bits per heavy atom. The van der Waals surface area contributed by atoms with Gasteiger partial charge in [-0.1, -0.05) is 0 Å². The summed E-state index contributed by atoms with van der Waals surface area (Å²) in [5.74, 6) is -0.576. The highest BCUT2D eigenvalue weighted by molar-refractivity contribution is 9.10. The Hall–Kier alpha value is -2.58. The Labute approximate surface area is 175 Å². The second-order valence-corrected chi connectivity index (χ2v) is 8.34. The van der Waals surface area contributed by atoms with Crippen LogP contribution in [-0.4, -0.2) is 26.8 Å². The molecule has 0 atom stereocenters. The van der Waals surface area contributed by atoms with E-state index in [1.165, 1.54) is 6.07 Å². The van der Waals surface area contributed by atoms with Crippen LogP contribution >= 0.6 is 15.9 Å². The Morgan fingerprint density at radius 2 is 2.07 bits per heavy atom. The molecule has 1 saturated carbocycles. The summed E-state index contributed by atoms with van der Waals surface area (Å²) in [5, 5.41) is 0.717. The number of hydrogen-bond acceptors (Lipinski definition) is 5. The smallest absolute Gasteiger partial charge is 0.257 e. The average molecular weight is 457 g/mol. The Morgan fingerprint density at radius 1 is 1.28 bits per heavy atom. The van der Waals surface area contributed by atoms with E-state index in [2.05, 4.69) is 25.9 Å². The van der Waals surface area contributed by atoms with Gasteiger partial charge in [0.2, 0.25) is 0 Å². The molecule has 29 heavy (non-hydrogen) atoms. The van der Waals surface area contributed by atoms with Crippen LogP contribution in [0.4, 0.5) is 10.2 Å². The number of nitrogens with two attached hydrogens (primary N) is 1. The second kappa shape index (κ2) is 7.03. The molecule has 2 aromatic heterocycles. The average Bonchev–Trinajstić information content (AvgIpc) is 3.42. The van der Waals surface area contributed by atoms with Crippen molar-refractivity contribution in [3.05, 3.63) is 63.1 Å². The zero-order valence-electron chi connectivity index (χ0n) is 15.5. The predicted octanol–water partition coefficient (Wildman–Crippen LogP) is 3.95. The van der Waals surface area contributed by atoms with Crippen molar-refractivity contribution in [2.24, 2.45) is 0 Å². The summed E-state index contributed by atoms with van der Waals surface area (Å²) >= 11 is 3.36. The van der Waals surface area contributed by atoms with Gasteiger partial charge in [-0.05, 0) is 52.5 Å². The van der Waals surface area contributed by atoms with E-state index >= 15 is 0 Å². The molecule has 1 aliphatic carbocycles. The molecule has 2 N–H and O–H groups in total. The molecule has 5 rings (SSSR count). The topological polar surface area (TPSA) is 81.3 Å². The third kappa shape index (κ3) is 3.36. The van der Waals surface area contributed by atoms with E-state index in [1.54, 1.807) is 17.2 Å². The lowest BCUT2D eigenvalue weighted by atomic mass is 10.0. The van der Waals surface area contributed by atoms with Crippen LogP contribution in [0.5, 0.6) is 0 Å². The molecular formula is C21H18BrFN4O2. The molecule has 148 valence electrons. The molecule has 1 fully saturated rings. The lowest BCUT2D eigenvalue weighted by Crippen LogP contribution is -2.33. The number of halogens is 2. The maximum Gasteiger partial charge on any atom is 0.257 e. The summed E-state index contributed by atoms with van der Waals surface area (Å²) in [6.45, 7) is 1.11. The molecule has 8 heteroatoms. The molecule has 0 saturated heterocycles. The fourth-order valence-corrected chi connectivity index (χ4v) is 3.97. The van der Waals surface area contributed by atoms with Gasteiger partial charge in [-0.3, -0.25) is 9.78 Å². The van der Waals surface area contributed by atoms with Crippen molar-refractivity contribution in [2.45, 2.75) is 38.6 Å². The number of pyridine rings is 2. The molecule has 3 aromatic rings. The maximum absolute atomic E-state index is 14.9. The molecule has 0 radical (unpaired) electrons. The Bertz CT molecular complexity index is 1130. The van der Waals surface area contributed by atoms with Gasteiger partial charge in [0.1, 0.15) is 11.6 Å². The highest BCUT2D eigenvalue weighted by atomic mass is 79.9. The number of fused-ring (bicyclic) bond motifs is 3. The second-order valence-electron chi connectivity index (χ2n) is 7.43. The van der Waals surface area contributed by atoms with Gasteiger partial charge in [-0.15, -0.1) is 0 Å². The number of anilines is 1. The van der Waals surface area contributed by atoms with Crippen LogP contribution < -0.4 is 5.73 Å². The third-order valence-corrected chi connectivity index (χ3v) is 5.89. The van der Waals surface area contributed by atoms with Crippen LogP contribution in [0.15, 0.2) is 34.9 Å². The Kier molecular flexibility index (Phi) is 4.48. The van der Waals surface area contributed by atoms with Gasteiger partial charge in [0, 0.05) is 33.7 Å². The monoisotopic (exact) mass is 456 g/mol. The summed E-state index contributed by atoms with van der Waals surface area (Å²) in [7, 11) is 0. The number of amides is 1. The van der Waals surface area contributed by atoms with Crippen LogP contribution in [0.1, 0.15) is 40.0 Å². The quantitative estimate of drug-likeness (QED) is 0.642. The first-order chi connectivity index (χ1) is 14.0. The fraction of sp³-hybridized carbons (Fsp3) is 0.286. The van der Waals surface area contributed by atoms with E-state index < -0.39 is 5.82 Å². The van der Waals surface area contributed by atoms with Crippen LogP contribution in [-0.2, 0) is 24.5 Å². The molecule has 0 bridgehead atoms. The first-order valence-corrected chi connectivity index (χ1v) is 10.2. The van der Waals surface area contributed by atoms with Crippen molar-refractivity contribution in [3.63, 3.8) is 0 Å². The minimum absolute atomic E-state index is 0.0437. The first-order valence-electron chi connectivity index (χ1n) is 9.41. The molecule has 6 nitrogen and oxygen atoms in total. The Balaban J connectivity index is 1.54. The highest BCUT2D eigenvalue weighted by Crippen LogP contribution is 2.34. The van der Waals surface area contributed by atoms with Gasteiger partial charge < -0.3 is 15.4 Å². The molecule has 3 heterocycles. The van der Waals surface area contributed by atoms with Crippen LogP contribution in [0, 0.1) is 5.82 Å². The predicted molar refractivity (Wildman–Crippen MR) is 109 cm³/mol. The number of benzene rings is 1. The van der Waals surface area contributed by atoms with E-state index in [9.17, 15) is 9.18 Å². The maximum atomic E-state index is 14.9. The molecule has 1 aromatic carbocycles. The summed E-state index contributed by atoms with van der Waals surface area (Å²) in [4.78, 5) is 23.7. The molecule has 0 spiro atoms. The van der Waals surface area contributed by atoms with Gasteiger partial charge in [0.15, 0.2) is 0 Å². The summed E-state index contributed by atoms with van der Waals surface area (Å²) in [6.07, 6.45) is 3.53. The summed E-state index contributed by atoms with van der Waals surface area (Å²) in [6, 6.07) is 6.74. The van der Waals surface area contributed by atoms with Crippen molar-refractivity contribution in [2.75, 3.05) is 5.73 Å². The van der Waals surface area contributed by atoms with Gasteiger partial charge >= 0.3 is 0 Å². The van der Waals surface area contributed by atoms with Crippen molar-refractivity contribution in [1.29, 1.82) is 0 Å². The number of aromatic nitrogens is 2. The number of rotatable bonds is 4. The number of hydrogen-bond donors (Lipinski definition) is 1. The van der Waals surface area contributed by atoms with Crippen molar-refractivity contribution in [3.8, 4) is 0 Å². The lowest BCUT2D eigenvalue weighted by Gasteiger charge is -2.23. The van der Waals surface area contributed by atoms with E-state index in [4.69, 9.17) is 10.5 Å². The summed E-state index contributed by atoms with van der Waals surface area (Å²) < 4.78 is 21.3. The van der Waals surface area contributed by atoms with E-state index in [0.717, 1.165) is 34.1 Å².